The van der Waals surface area contributed by atoms with Gasteiger partial charge in [0.25, 0.3) is 0 Å². The van der Waals surface area contributed by atoms with Crippen LogP contribution in [0.15, 0.2) is 18.2 Å². The molecule has 118 valence electrons. The second-order valence-electron chi connectivity index (χ2n) is 4.41. The number of methoxy groups -OCH3 is 1. The lowest BCUT2D eigenvalue weighted by molar-refractivity contribution is -0.118. The number of benzene rings is 1. The summed E-state index contributed by atoms with van der Waals surface area (Å²) in [5, 5.41) is 2.52. The monoisotopic (exact) mass is 319 g/mol. The summed E-state index contributed by atoms with van der Waals surface area (Å²) in [6.45, 7) is 0.189. The number of nitrogens with two attached hydrogens (primary N) is 1. The van der Waals surface area contributed by atoms with Crippen molar-refractivity contribution in [1.29, 1.82) is 0 Å². The van der Waals surface area contributed by atoms with Gasteiger partial charge in [-0.05, 0) is 18.2 Å². The summed E-state index contributed by atoms with van der Waals surface area (Å²) in [6.07, 6.45) is 0.528. The number of nitrogens with one attached hydrogen (secondary N) is 2. The molecule has 4 N–H and O–H groups in total. The summed E-state index contributed by atoms with van der Waals surface area (Å²) in [7, 11) is -2.17. The Morgan fingerprint density at radius 1 is 1.48 bits per heavy atom. The quantitative estimate of drug-likeness (QED) is 0.678. The zero-order chi connectivity index (χ0) is 16.0. The highest BCUT2D eigenvalue weighted by Crippen LogP contribution is 2.20. The minimum Gasteiger partial charge on any atom is -0.380 e. The molecule has 1 aromatic carbocycles. The number of rotatable bonds is 7. The van der Waals surface area contributed by atoms with Crippen molar-refractivity contribution in [3.63, 3.8) is 0 Å². The smallest absolute Gasteiger partial charge is 0.229 e. The molecule has 1 unspecified atom stereocenters. The highest BCUT2D eigenvalue weighted by atomic mass is 32.2. The van der Waals surface area contributed by atoms with Gasteiger partial charge < -0.3 is 15.8 Å². The Labute approximate surface area is 122 Å². The van der Waals surface area contributed by atoms with Crippen LogP contribution in [0.25, 0.3) is 0 Å². The highest BCUT2D eigenvalue weighted by molar-refractivity contribution is 7.92. The van der Waals surface area contributed by atoms with E-state index in [1.165, 1.54) is 19.2 Å². The van der Waals surface area contributed by atoms with E-state index in [0.717, 1.165) is 12.3 Å². The number of hydrogen-bond acceptors (Lipinski definition) is 5. The Morgan fingerprint density at radius 3 is 2.67 bits per heavy atom. The number of carbonyl (C=O) groups excluding carboxylic acids is 1. The maximum absolute atomic E-state index is 13.5. The van der Waals surface area contributed by atoms with Gasteiger partial charge in [-0.15, -0.1) is 0 Å². The molecule has 0 aromatic heterocycles. The van der Waals surface area contributed by atoms with E-state index in [9.17, 15) is 17.6 Å². The number of carbonyl (C=O) groups is 1. The van der Waals surface area contributed by atoms with E-state index in [1.807, 2.05) is 4.72 Å². The van der Waals surface area contributed by atoms with Gasteiger partial charge in [-0.1, -0.05) is 0 Å². The van der Waals surface area contributed by atoms with Gasteiger partial charge in [0.15, 0.2) is 0 Å². The molecule has 0 heterocycles. The van der Waals surface area contributed by atoms with Gasteiger partial charge >= 0.3 is 0 Å². The van der Waals surface area contributed by atoms with Gasteiger partial charge in [-0.25, -0.2) is 12.8 Å². The van der Waals surface area contributed by atoms with Crippen LogP contribution in [0.2, 0.25) is 0 Å². The normalized spacial score (nSPS) is 12.8. The molecular formula is C12H18FN3O4S. The topological polar surface area (TPSA) is 111 Å². The van der Waals surface area contributed by atoms with Crippen molar-refractivity contribution in [1.82, 2.24) is 0 Å². The lowest BCUT2D eigenvalue weighted by Crippen LogP contribution is -2.28. The van der Waals surface area contributed by atoms with Crippen LogP contribution in [0.3, 0.4) is 0 Å². The Hall–Kier alpha value is -1.71. The van der Waals surface area contributed by atoms with Crippen LogP contribution in [0.4, 0.5) is 15.8 Å². The number of sulfonamides is 1. The van der Waals surface area contributed by atoms with Crippen molar-refractivity contribution in [3.05, 3.63) is 24.0 Å². The van der Waals surface area contributed by atoms with E-state index in [-0.39, 0.29) is 30.2 Å². The number of hydrogen-bond donors (Lipinski definition) is 3. The molecule has 0 aliphatic heterocycles. The van der Waals surface area contributed by atoms with Crippen LogP contribution in [-0.4, -0.2) is 40.3 Å². The first-order chi connectivity index (χ1) is 9.75. The fourth-order valence-electron chi connectivity index (χ4n) is 1.56. The third-order valence-corrected chi connectivity index (χ3v) is 3.15. The van der Waals surface area contributed by atoms with Gasteiger partial charge in [0, 0.05) is 19.3 Å². The third-order valence-electron chi connectivity index (χ3n) is 2.55. The van der Waals surface area contributed by atoms with Gasteiger partial charge in [-0.2, -0.15) is 0 Å². The third kappa shape index (κ3) is 6.06. The minimum absolute atomic E-state index is 0.0409. The van der Waals surface area contributed by atoms with Crippen LogP contribution in [0.5, 0.6) is 0 Å². The summed E-state index contributed by atoms with van der Waals surface area (Å²) in [6, 6.07) is 3.57. The number of ether oxygens (including phenoxy) is 1. The molecule has 1 aromatic rings. The second-order valence-corrected chi connectivity index (χ2v) is 6.16. The zero-order valence-corrected chi connectivity index (χ0v) is 12.5. The molecule has 0 aliphatic carbocycles. The Balaban J connectivity index is 2.81. The van der Waals surface area contributed by atoms with Crippen molar-refractivity contribution in [2.24, 2.45) is 5.73 Å². The molecule has 1 amide bonds. The van der Waals surface area contributed by atoms with Crippen molar-refractivity contribution in [2.45, 2.75) is 12.5 Å². The molecule has 7 nitrogen and oxygen atoms in total. The maximum Gasteiger partial charge on any atom is 0.229 e. The molecule has 0 bridgehead atoms. The summed E-state index contributed by atoms with van der Waals surface area (Å²) in [5.41, 5.74) is 5.43. The van der Waals surface area contributed by atoms with Gasteiger partial charge in [-0.3, -0.25) is 9.52 Å². The molecule has 0 saturated heterocycles. The molecule has 0 aliphatic rings. The van der Waals surface area contributed by atoms with Gasteiger partial charge in [0.05, 0.1) is 24.5 Å². The number of anilines is 2. The predicted molar refractivity (Wildman–Crippen MR) is 78.0 cm³/mol. The molecule has 21 heavy (non-hydrogen) atoms. The lowest BCUT2D eigenvalue weighted by Gasteiger charge is -2.13. The van der Waals surface area contributed by atoms with Crippen LogP contribution in [0.1, 0.15) is 6.42 Å². The van der Waals surface area contributed by atoms with Crippen molar-refractivity contribution in [2.75, 3.05) is 29.9 Å². The largest absolute Gasteiger partial charge is 0.380 e. The first-order valence-corrected chi connectivity index (χ1v) is 7.94. The van der Waals surface area contributed by atoms with Gasteiger partial charge in [0.2, 0.25) is 15.9 Å². The Bertz CT molecular complexity index is 603. The molecule has 1 rings (SSSR count). The molecular weight excluding hydrogens is 301 g/mol. The van der Waals surface area contributed by atoms with E-state index in [1.54, 1.807) is 0 Å². The predicted octanol–water partition coefficient (Wildman–Crippen LogP) is 0.499. The number of halogens is 1. The highest BCUT2D eigenvalue weighted by Gasteiger charge is 2.13. The summed E-state index contributed by atoms with van der Waals surface area (Å²) in [5.74, 6) is -1.11. The van der Waals surface area contributed by atoms with Crippen LogP contribution in [-0.2, 0) is 19.6 Å². The molecule has 0 saturated carbocycles. The lowest BCUT2D eigenvalue weighted by atomic mass is 10.2. The summed E-state index contributed by atoms with van der Waals surface area (Å²) in [4.78, 5) is 11.7. The first kappa shape index (κ1) is 17.3. The fourth-order valence-corrected chi connectivity index (χ4v) is 2.12. The van der Waals surface area contributed by atoms with E-state index in [2.05, 4.69) is 5.32 Å². The SMILES string of the molecule is COC(CN)CC(=O)Nc1ccc(F)c(NS(C)(=O)=O)c1. The summed E-state index contributed by atoms with van der Waals surface area (Å²) >= 11 is 0. The van der Waals surface area contributed by atoms with Crippen LogP contribution < -0.4 is 15.8 Å². The van der Waals surface area contributed by atoms with E-state index in [0.29, 0.717) is 0 Å². The first-order valence-electron chi connectivity index (χ1n) is 6.05. The average molecular weight is 319 g/mol. The van der Waals surface area contributed by atoms with Crippen LogP contribution >= 0.6 is 0 Å². The standard InChI is InChI=1S/C12H18FN3O4S/c1-20-9(7-14)6-12(17)15-8-3-4-10(13)11(5-8)16-21(2,18)19/h3-5,9,16H,6-7,14H2,1-2H3,(H,15,17). The molecule has 0 fully saturated rings. The molecule has 0 radical (unpaired) electrons. The molecule has 9 heteroatoms. The van der Waals surface area contributed by atoms with Crippen molar-refractivity contribution >= 4 is 27.3 Å². The fraction of sp³-hybridized carbons (Fsp3) is 0.417. The minimum atomic E-state index is -3.61. The molecule has 0 spiro atoms. The van der Waals surface area contributed by atoms with Crippen molar-refractivity contribution < 1.29 is 22.3 Å². The molecule has 1 atom stereocenters. The zero-order valence-electron chi connectivity index (χ0n) is 11.7. The van der Waals surface area contributed by atoms with Crippen LogP contribution in [0, 0.1) is 5.82 Å². The van der Waals surface area contributed by atoms with Gasteiger partial charge in [0.1, 0.15) is 5.82 Å². The van der Waals surface area contributed by atoms with E-state index < -0.39 is 21.9 Å². The second kappa shape index (κ2) is 7.34. The maximum atomic E-state index is 13.5. The summed E-state index contributed by atoms with van der Waals surface area (Å²) < 4.78 is 42.7. The Kier molecular flexibility index (Phi) is 6.06. The number of amides is 1. The Morgan fingerprint density at radius 2 is 2.14 bits per heavy atom. The van der Waals surface area contributed by atoms with E-state index in [4.69, 9.17) is 10.5 Å². The van der Waals surface area contributed by atoms with E-state index >= 15 is 0 Å². The van der Waals surface area contributed by atoms with Crippen molar-refractivity contribution in [3.8, 4) is 0 Å². The average Bonchev–Trinajstić information content (AvgIpc) is 2.38.